The Labute approximate surface area is 114 Å². The molecule has 2 heterocycles. The van der Waals surface area contributed by atoms with E-state index in [1.807, 2.05) is 18.3 Å². The fourth-order valence-corrected chi connectivity index (χ4v) is 3.89. The number of carbonyl (C=O) groups excluding carboxylic acids is 1. The van der Waals surface area contributed by atoms with Crippen molar-refractivity contribution in [3.05, 3.63) is 30.1 Å². The van der Waals surface area contributed by atoms with Gasteiger partial charge in [-0.25, -0.2) is 0 Å². The second-order valence-electron chi connectivity index (χ2n) is 6.03. The van der Waals surface area contributed by atoms with Crippen LogP contribution in [0.5, 0.6) is 0 Å². The predicted octanol–water partition coefficient (Wildman–Crippen LogP) is 3.03. The van der Waals surface area contributed by atoms with E-state index in [4.69, 9.17) is 4.74 Å². The molecule has 0 N–H and O–H groups in total. The first kappa shape index (κ1) is 12.8. The van der Waals surface area contributed by atoms with Crippen LogP contribution in [0.3, 0.4) is 0 Å². The molecule has 0 aromatic carbocycles. The average Bonchev–Trinajstić information content (AvgIpc) is 2.88. The van der Waals surface area contributed by atoms with Crippen LogP contribution in [0.25, 0.3) is 0 Å². The first-order valence-corrected chi connectivity index (χ1v) is 7.28. The summed E-state index contributed by atoms with van der Waals surface area (Å²) >= 11 is 0. The molecular formula is C16H21NO2. The highest BCUT2D eigenvalue weighted by Gasteiger charge is 2.48. The fraction of sp³-hybridized carbons (Fsp3) is 0.625. The van der Waals surface area contributed by atoms with Crippen LogP contribution in [0.4, 0.5) is 0 Å². The maximum absolute atomic E-state index is 11.2. The maximum Gasteiger partial charge on any atom is 0.120 e. The van der Waals surface area contributed by atoms with Crippen LogP contribution in [-0.2, 0) is 14.9 Å². The van der Waals surface area contributed by atoms with Crippen LogP contribution >= 0.6 is 0 Å². The standard InChI is InChI=1S/C16H21NO2/c18-11-8-15(14-5-1-4-10-17-14)9-12-19-16(13-15)6-2-3-7-16/h1,4-5,10-11H,2-3,6-9,12-13H2. The molecule has 19 heavy (non-hydrogen) atoms. The number of hydrogen-bond acceptors (Lipinski definition) is 3. The quantitative estimate of drug-likeness (QED) is 0.783. The van der Waals surface area contributed by atoms with Gasteiger partial charge in [0, 0.05) is 30.3 Å². The van der Waals surface area contributed by atoms with Gasteiger partial charge in [0.1, 0.15) is 6.29 Å². The molecule has 3 nitrogen and oxygen atoms in total. The number of ether oxygens (including phenoxy) is 1. The number of carbonyl (C=O) groups is 1. The SMILES string of the molecule is O=CCC1(c2ccccn2)CCOC2(CCCC2)C1. The molecule has 1 aromatic rings. The molecule has 1 aliphatic carbocycles. The van der Waals surface area contributed by atoms with Crippen molar-refractivity contribution in [3.8, 4) is 0 Å². The minimum atomic E-state index is -0.106. The summed E-state index contributed by atoms with van der Waals surface area (Å²) in [5, 5.41) is 0. The van der Waals surface area contributed by atoms with Gasteiger partial charge in [-0.3, -0.25) is 4.98 Å². The summed E-state index contributed by atoms with van der Waals surface area (Å²) in [4.78, 5) is 15.7. The van der Waals surface area contributed by atoms with Gasteiger partial charge >= 0.3 is 0 Å². The first-order valence-electron chi connectivity index (χ1n) is 7.28. The van der Waals surface area contributed by atoms with Crippen LogP contribution in [-0.4, -0.2) is 23.5 Å². The smallest absolute Gasteiger partial charge is 0.120 e. The third kappa shape index (κ3) is 2.32. The molecule has 1 saturated heterocycles. The Morgan fingerprint density at radius 1 is 1.26 bits per heavy atom. The van der Waals surface area contributed by atoms with Crippen molar-refractivity contribution in [1.29, 1.82) is 0 Å². The largest absolute Gasteiger partial charge is 0.375 e. The van der Waals surface area contributed by atoms with Crippen molar-refractivity contribution in [1.82, 2.24) is 4.98 Å². The summed E-state index contributed by atoms with van der Waals surface area (Å²) in [6.45, 7) is 0.754. The molecule has 1 spiro atoms. The Kier molecular flexibility index (Phi) is 3.40. The van der Waals surface area contributed by atoms with Crippen LogP contribution in [0, 0.1) is 0 Å². The van der Waals surface area contributed by atoms with Crippen molar-refractivity contribution in [2.45, 2.75) is 56.0 Å². The average molecular weight is 259 g/mol. The third-order valence-electron chi connectivity index (χ3n) is 4.85. The second kappa shape index (κ2) is 5.04. The van der Waals surface area contributed by atoms with E-state index in [0.29, 0.717) is 6.42 Å². The van der Waals surface area contributed by atoms with Crippen LogP contribution < -0.4 is 0 Å². The summed E-state index contributed by atoms with van der Waals surface area (Å²) in [5.74, 6) is 0. The maximum atomic E-state index is 11.2. The van der Waals surface area contributed by atoms with Gasteiger partial charge in [-0.05, 0) is 37.8 Å². The van der Waals surface area contributed by atoms with E-state index >= 15 is 0 Å². The number of aldehydes is 1. The molecule has 3 rings (SSSR count). The molecule has 1 aliphatic heterocycles. The molecule has 0 bridgehead atoms. The monoisotopic (exact) mass is 259 g/mol. The number of nitrogens with zero attached hydrogens (tertiary/aromatic N) is 1. The number of pyridine rings is 1. The van der Waals surface area contributed by atoms with Gasteiger partial charge in [0.15, 0.2) is 0 Å². The lowest BCUT2D eigenvalue weighted by Crippen LogP contribution is -2.46. The van der Waals surface area contributed by atoms with Crippen molar-refractivity contribution in [2.75, 3.05) is 6.61 Å². The van der Waals surface area contributed by atoms with Crippen LogP contribution in [0.1, 0.15) is 50.6 Å². The Balaban J connectivity index is 1.94. The molecule has 1 saturated carbocycles. The molecule has 2 fully saturated rings. The molecule has 1 atom stereocenters. The van der Waals surface area contributed by atoms with Crippen LogP contribution in [0.2, 0.25) is 0 Å². The first-order chi connectivity index (χ1) is 9.29. The topological polar surface area (TPSA) is 39.2 Å². The molecule has 2 aliphatic rings. The Bertz CT molecular complexity index is 439. The van der Waals surface area contributed by atoms with E-state index in [1.54, 1.807) is 0 Å². The molecule has 3 heteroatoms. The zero-order valence-electron chi connectivity index (χ0n) is 11.3. The van der Waals surface area contributed by atoms with E-state index < -0.39 is 0 Å². The third-order valence-corrected chi connectivity index (χ3v) is 4.85. The van der Waals surface area contributed by atoms with E-state index in [9.17, 15) is 4.79 Å². The fourth-order valence-electron chi connectivity index (χ4n) is 3.89. The van der Waals surface area contributed by atoms with Gasteiger partial charge in [0.2, 0.25) is 0 Å². The predicted molar refractivity (Wildman–Crippen MR) is 73.0 cm³/mol. The van der Waals surface area contributed by atoms with Crippen LogP contribution in [0.15, 0.2) is 24.4 Å². The number of hydrogen-bond donors (Lipinski definition) is 0. The van der Waals surface area contributed by atoms with Gasteiger partial charge in [0.25, 0.3) is 0 Å². The molecule has 1 unspecified atom stereocenters. The Morgan fingerprint density at radius 2 is 2.11 bits per heavy atom. The number of aromatic nitrogens is 1. The highest BCUT2D eigenvalue weighted by atomic mass is 16.5. The summed E-state index contributed by atoms with van der Waals surface area (Å²) in [5.41, 5.74) is 0.973. The zero-order chi connectivity index (χ0) is 13.2. The van der Waals surface area contributed by atoms with Crippen molar-refractivity contribution in [2.24, 2.45) is 0 Å². The minimum Gasteiger partial charge on any atom is -0.375 e. The lowest BCUT2D eigenvalue weighted by atomic mass is 9.68. The lowest BCUT2D eigenvalue weighted by molar-refractivity contribution is -0.118. The van der Waals surface area contributed by atoms with Gasteiger partial charge < -0.3 is 9.53 Å². The summed E-state index contributed by atoms with van der Waals surface area (Å²) < 4.78 is 6.11. The van der Waals surface area contributed by atoms with Gasteiger partial charge in [-0.1, -0.05) is 18.9 Å². The van der Waals surface area contributed by atoms with Gasteiger partial charge in [0.05, 0.1) is 5.60 Å². The number of rotatable bonds is 3. The summed E-state index contributed by atoms with van der Waals surface area (Å²) in [7, 11) is 0. The van der Waals surface area contributed by atoms with Gasteiger partial charge in [-0.15, -0.1) is 0 Å². The zero-order valence-corrected chi connectivity index (χ0v) is 11.3. The highest BCUT2D eigenvalue weighted by molar-refractivity contribution is 5.53. The lowest BCUT2D eigenvalue weighted by Gasteiger charge is -2.45. The summed E-state index contributed by atoms with van der Waals surface area (Å²) in [6, 6.07) is 6.02. The molecule has 0 radical (unpaired) electrons. The Hall–Kier alpha value is -1.22. The molecule has 102 valence electrons. The second-order valence-corrected chi connectivity index (χ2v) is 6.03. The van der Waals surface area contributed by atoms with E-state index in [-0.39, 0.29) is 11.0 Å². The van der Waals surface area contributed by atoms with Crippen molar-refractivity contribution in [3.63, 3.8) is 0 Å². The summed E-state index contributed by atoms with van der Waals surface area (Å²) in [6.07, 6.45) is 10.1. The van der Waals surface area contributed by atoms with Crippen molar-refractivity contribution >= 4 is 6.29 Å². The molecule has 0 amide bonds. The molecular weight excluding hydrogens is 238 g/mol. The van der Waals surface area contributed by atoms with E-state index in [2.05, 4.69) is 11.1 Å². The normalized spacial score (nSPS) is 29.5. The van der Waals surface area contributed by atoms with Gasteiger partial charge in [-0.2, -0.15) is 0 Å². The molecule has 1 aromatic heterocycles. The van der Waals surface area contributed by atoms with Crippen molar-refractivity contribution < 1.29 is 9.53 Å². The van der Waals surface area contributed by atoms with E-state index in [0.717, 1.165) is 44.3 Å². The minimum absolute atomic E-state index is 0.0127. The highest BCUT2D eigenvalue weighted by Crippen LogP contribution is 2.49. The van der Waals surface area contributed by atoms with E-state index in [1.165, 1.54) is 12.8 Å². The Morgan fingerprint density at radius 3 is 2.79 bits per heavy atom.